The topological polar surface area (TPSA) is 54.9 Å². The highest BCUT2D eigenvalue weighted by Gasteiger charge is 2.12. The van der Waals surface area contributed by atoms with Crippen LogP contribution in [0.15, 0.2) is 42.9 Å². The van der Waals surface area contributed by atoms with Crippen molar-refractivity contribution in [3.05, 3.63) is 59.7 Å². The van der Waals surface area contributed by atoms with Crippen molar-refractivity contribution in [1.29, 1.82) is 0 Å². The Kier molecular flexibility index (Phi) is 4.45. The molecule has 4 nitrogen and oxygen atoms in total. The molecular formula is C16H19N3O. The van der Waals surface area contributed by atoms with Crippen molar-refractivity contribution in [2.24, 2.45) is 0 Å². The van der Waals surface area contributed by atoms with Gasteiger partial charge in [0, 0.05) is 12.4 Å². The summed E-state index contributed by atoms with van der Waals surface area (Å²) < 4.78 is 0. The molecule has 0 aliphatic rings. The lowest BCUT2D eigenvalue weighted by Gasteiger charge is -2.15. The Hall–Kier alpha value is -2.23. The second-order valence-corrected chi connectivity index (χ2v) is 5.11. The molecule has 0 saturated heterocycles. The summed E-state index contributed by atoms with van der Waals surface area (Å²) in [6, 6.07) is 8.25. The lowest BCUT2D eigenvalue weighted by Crippen LogP contribution is -2.27. The van der Waals surface area contributed by atoms with Crippen molar-refractivity contribution >= 4 is 5.91 Å². The molecule has 104 valence electrons. The smallest absolute Gasteiger partial charge is 0.271 e. The van der Waals surface area contributed by atoms with Gasteiger partial charge in [0.2, 0.25) is 0 Å². The molecule has 1 atom stereocenters. The number of benzene rings is 1. The summed E-state index contributed by atoms with van der Waals surface area (Å²) in [4.78, 5) is 19.9. The predicted octanol–water partition coefficient (Wildman–Crippen LogP) is 3.09. The van der Waals surface area contributed by atoms with Crippen LogP contribution in [0, 0.1) is 0 Å². The second-order valence-electron chi connectivity index (χ2n) is 5.11. The average Bonchev–Trinajstić information content (AvgIpc) is 2.48. The monoisotopic (exact) mass is 269 g/mol. The minimum atomic E-state index is -0.210. The number of amides is 1. The molecule has 1 N–H and O–H groups in total. The minimum absolute atomic E-state index is 0.0641. The van der Waals surface area contributed by atoms with E-state index in [0.717, 1.165) is 5.56 Å². The van der Waals surface area contributed by atoms with E-state index in [1.54, 1.807) is 6.20 Å². The predicted molar refractivity (Wildman–Crippen MR) is 78.4 cm³/mol. The van der Waals surface area contributed by atoms with E-state index in [9.17, 15) is 4.79 Å². The zero-order chi connectivity index (χ0) is 14.5. The number of nitrogens with one attached hydrogen (secondary N) is 1. The summed E-state index contributed by atoms with van der Waals surface area (Å²) in [5.74, 6) is 0.298. The third-order valence-corrected chi connectivity index (χ3v) is 3.25. The molecule has 0 aliphatic carbocycles. The number of nitrogens with zero attached hydrogens (tertiary/aromatic N) is 2. The molecule has 0 fully saturated rings. The molecule has 1 unspecified atom stereocenters. The molecule has 1 amide bonds. The van der Waals surface area contributed by atoms with Crippen LogP contribution < -0.4 is 5.32 Å². The van der Waals surface area contributed by atoms with Crippen LogP contribution in [0.5, 0.6) is 0 Å². The van der Waals surface area contributed by atoms with Gasteiger partial charge in [0.1, 0.15) is 5.69 Å². The standard InChI is InChI=1S/C16H19N3O/c1-11(2)13-4-6-14(7-5-13)12(3)19-16(20)15-10-17-8-9-18-15/h4-12H,1-3H3,(H,19,20). The Morgan fingerprint density at radius 1 is 1.05 bits per heavy atom. The average molecular weight is 269 g/mol. The molecule has 1 aromatic carbocycles. The van der Waals surface area contributed by atoms with Crippen molar-refractivity contribution in [2.45, 2.75) is 32.7 Å². The van der Waals surface area contributed by atoms with Gasteiger partial charge in [-0.1, -0.05) is 38.1 Å². The van der Waals surface area contributed by atoms with Crippen molar-refractivity contribution < 1.29 is 4.79 Å². The first kappa shape index (κ1) is 14.2. The highest BCUT2D eigenvalue weighted by molar-refractivity contribution is 5.92. The van der Waals surface area contributed by atoms with Crippen LogP contribution in [0.2, 0.25) is 0 Å². The van der Waals surface area contributed by atoms with Crippen LogP contribution in [0.3, 0.4) is 0 Å². The second kappa shape index (κ2) is 6.28. The third-order valence-electron chi connectivity index (χ3n) is 3.25. The zero-order valence-electron chi connectivity index (χ0n) is 12.0. The van der Waals surface area contributed by atoms with Gasteiger partial charge in [-0.25, -0.2) is 4.98 Å². The Morgan fingerprint density at radius 3 is 2.25 bits per heavy atom. The largest absolute Gasteiger partial charge is 0.344 e. The highest BCUT2D eigenvalue weighted by atomic mass is 16.1. The molecular weight excluding hydrogens is 250 g/mol. The van der Waals surface area contributed by atoms with Gasteiger partial charge in [0.15, 0.2) is 0 Å². The molecule has 2 aromatic rings. The van der Waals surface area contributed by atoms with E-state index < -0.39 is 0 Å². The van der Waals surface area contributed by atoms with E-state index in [1.165, 1.54) is 18.0 Å². The fourth-order valence-corrected chi connectivity index (χ4v) is 1.94. The van der Waals surface area contributed by atoms with E-state index in [-0.39, 0.29) is 11.9 Å². The van der Waals surface area contributed by atoms with Gasteiger partial charge in [0.05, 0.1) is 12.2 Å². The molecule has 1 aromatic heterocycles. The minimum Gasteiger partial charge on any atom is -0.344 e. The van der Waals surface area contributed by atoms with E-state index in [2.05, 4.69) is 53.4 Å². The summed E-state index contributed by atoms with van der Waals surface area (Å²) in [6.45, 7) is 6.28. The molecule has 4 heteroatoms. The van der Waals surface area contributed by atoms with Crippen LogP contribution in [-0.4, -0.2) is 15.9 Å². The van der Waals surface area contributed by atoms with Crippen LogP contribution in [0.25, 0.3) is 0 Å². The van der Waals surface area contributed by atoms with Crippen LogP contribution >= 0.6 is 0 Å². The van der Waals surface area contributed by atoms with Crippen molar-refractivity contribution in [2.75, 3.05) is 0 Å². The van der Waals surface area contributed by atoms with Crippen LogP contribution in [0.4, 0.5) is 0 Å². The Bertz CT molecular complexity index is 564. The van der Waals surface area contributed by atoms with Gasteiger partial charge < -0.3 is 5.32 Å². The van der Waals surface area contributed by atoms with E-state index >= 15 is 0 Å². The summed E-state index contributed by atoms with van der Waals surface area (Å²) in [5.41, 5.74) is 2.70. The third kappa shape index (κ3) is 3.41. The SMILES string of the molecule is CC(C)c1ccc(C(C)NC(=O)c2cnccn2)cc1. The molecule has 1 heterocycles. The Labute approximate surface area is 119 Å². The summed E-state index contributed by atoms with van der Waals surface area (Å²) in [5, 5.41) is 2.92. The number of hydrogen-bond donors (Lipinski definition) is 1. The van der Waals surface area contributed by atoms with Gasteiger partial charge in [-0.3, -0.25) is 9.78 Å². The molecule has 0 radical (unpaired) electrons. The fourth-order valence-electron chi connectivity index (χ4n) is 1.94. The van der Waals surface area contributed by atoms with Gasteiger partial charge in [-0.05, 0) is 24.0 Å². The van der Waals surface area contributed by atoms with Gasteiger partial charge in [-0.2, -0.15) is 0 Å². The van der Waals surface area contributed by atoms with E-state index in [4.69, 9.17) is 0 Å². The molecule has 2 rings (SSSR count). The molecule has 20 heavy (non-hydrogen) atoms. The van der Waals surface area contributed by atoms with Crippen LogP contribution in [-0.2, 0) is 0 Å². The van der Waals surface area contributed by atoms with E-state index in [1.807, 2.05) is 6.92 Å². The number of rotatable bonds is 4. The highest BCUT2D eigenvalue weighted by Crippen LogP contribution is 2.18. The normalized spacial score (nSPS) is 12.2. The van der Waals surface area contributed by atoms with E-state index in [0.29, 0.717) is 11.6 Å². The molecule has 0 bridgehead atoms. The van der Waals surface area contributed by atoms with Crippen molar-refractivity contribution in [3.63, 3.8) is 0 Å². The molecule has 0 aliphatic heterocycles. The Balaban J connectivity index is 2.04. The van der Waals surface area contributed by atoms with Gasteiger partial charge in [0.25, 0.3) is 5.91 Å². The molecule has 0 saturated carbocycles. The lowest BCUT2D eigenvalue weighted by molar-refractivity contribution is 0.0934. The lowest BCUT2D eigenvalue weighted by atomic mass is 9.99. The number of carbonyl (C=O) groups is 1. The summed E-state index contributed by atoms with van der Waals surface area (Å²) in [7, 11) is 0. The fraction of sp³-hybridized carbons (Fsp3) is 0.312. The summed E-state index contributed by atoms with van der Waals surface area (Å²) in [6.07, 6.45) is 4.52. The summed E-state index contributed by atoms with van der Waals surface area (Å²) >= 11 is 0. The first-order valence-corrected chi connectivity index (χ1v) is 6.74. The van der Waals surface area contributed by atoms with Crippen LogP contribution in [0.1, 0.15) is 54.3 Å². The maximum atomic E-state index is 12.0. The van der Waals surface area contributed by atoms with Crippen molar-refractivity contribution in [1.82, 2.24) is 15.3 Å². The van der Waals surface area contributed by atoms with Crippen molar-refractivity contribution in [3.8, 4) is 0 Å². The molecule has 0 spiro atoms. The maximum Gasteiger partial charge on any atom is 0.271 e. The first-order chi connectivity index (χ1) is 9.58. The Morgan fingerprint density at radius 2 is 1.70 bits per heavy atom. The van der Waals surface area contributed by atoms with Gasteiger partial charge in [-0.15, -0.1) is 0 Å². The maximum absolute atomic E-state index is 12.0. The number of hydrogen-bond acceptors (Lipinski definition) is 3. The van der Waals surface area contributed by atoms with Gasteiger partial charge >= 0.3 is 0 Å². The number of aromatic nitrogens is 2. The quantitative estimate of drug-likeness (QED) is 0.928. The number of carbonyl (C=O) groups excluding carboxylic acids is 1. The first-order valence-electron chi connectivity index (χ1n) is 6.74. The zero-order valence-corrected chi connectivity index (χ0v) is 12.0.